The van der Waals surface area contributed by atoms with Crippen LogP contribution in [0.2, 0.25) is 0 Å². The molecular weight excluding hydrogens is 392 g/mol. The van der Waals surface area contributed by atoms with Crippen molar-refractivity contribution in [3.05, 3.63) is 59.9 Å². The van der Waals surface area contributed by atoms with Crippen molar-refractivity contribution in [2.45, 2.75) is 19.1 Å². The van der Waals surface area contributed by atoms with Crippen molar-refractivity contribution in [3.63, 3.8) is 0 Å². The van der Waals surface area contributed by atoms with Gasteiger partial charge in [0, 0.05) is 19.5 Å². The lowest BCUT2D eigenvalue weighted by atomic mass is 10.1. The molecule has 2 amide bonds. The number of anilines is 1. The van der Waals surface area contributed by atoms with Gasteiger partial charge in [-0.1, -0.05) is 24.3 Å². The van der Waals surface area contributed by atoms with Gasteiger partial charge in [-0.05, 0) is 29.8 Å². The third kappa shape index (κ3) is 5.46. The number of hydrogen-bond donors (Lipinski definition) is 1. The molecular formula is C20H18F4N2O3. The molecule has 1 aliphatic rings. The minimum Gasteiger partial charge on any atom is -0.484 e. The van der Waals surface area contributed by atoms with E-state index >= 15 is 0 Å². The number of halogens is 4. The highest BCUT2D eigenvalue weighted by Crippen LogP contribution is 2.27. The van der Waals surface area contributed by atoms with Gasteiger partial charge in [-0.2, -0.15) is 13.2 Å². The minimum atomic E-state index is -4.41. The number of hydrogen-bond acceptors (Lipinski definition) is 3. The average molecular weight is 410 g/mol. The average Bonchev–Trinajstić information content (AvgIpc) is 3.06. The summed E-state index contributed by atoms with van der Waals surface area (Å²) in [6.07, 6.45) is -4.44. The summed E-state index contributed by atoms with van der Waals surface area (Å²) in [7, 11) is 0. The van der Waals surface area contributed by atoms with Gasteiger partial charge in [-0.15, -0.1) is 0 Å². The Morgan fingerprint density at radius 3 is 2.48 bits per heavy atom. The normalized spacial score (nSPS) is 16.8. The van der Waals surface area contributed by atoms with Crippen LogP contribution in [0.25, 0.3) is 0 Å². The summed E-state index contributed by atoms with van der Waals surface area (Å²) in [4.78, 5) is 25.8. The quantitative estimate of drug-likeness (QED) is 0.743. The molecule has 1 aliphatic heterocycles. The molecule has 154 valence electrons. The van der Waals surface area contributed by atoms with Crippen molar-refractivity contribution >= 4 is 17.5 Å². The van der Waals surface area contributed by atoms with Crippen LogP contribution in [0.5, 0.6) is 5.75 Å². The Kier molecular flexibility index (Phi) is 6.05. The van der Waals surface area contributed by atoms with E-state index in [1.807, 2.05) is 0 Å². The lowest BCUT2D eigenvalue weighted by molar-refractivity contribution is -0.153. The molecule has 1 heterocycles. The Morgan fingerprint density at radius 2 is 1.83 bits per heavy atom. The number of nitrogens with one attached hydrogen (secondary N) is 1. The van der Waals surface area contributed by atoms with Gasteiger partial charge >= 0.3 is 6.18 Å². The fraction of sp³-hybridized carbons (Fsp3) is 0.300. The molecule has 2 aromatic carbocycles. The molecule has 0 spiro atoms. The number of benzene rings is 2. The summed E-state index contributed by atoms with van der Waals surface area (Å²) >= 11 is 0. The fourth-order valence-electron chi connectivity index (χ4n) is 2.99. The smallest absolute Gasteiger partial charge is 0.422 e. The van der Waals surface area contributed by atoms with E-state index in [4.69, 9.17) is 0 Å². The lowest BCUT2D eigenvalue weighted by Gasteiger charge is -2.17. The maximum Gasteiger partial charge on any atom is 0.422 e. The third-order valence-electron chi connectivity index (χ3n) is 4.43. The van der Waals surface area contributed by atoms with Crippen molar-refractivity contribution < 1.29 is 31.9 Å². The molecule has 1 saturated heterocycles. The second kappa shape index (κ2) is 8.50. The number of nitrogens with zero attached hydrogens (tertiary/aromatic N) is 1. The second-order valence-electron chi connectivity index (χ2n) is 6.62. The van der Waals surface area contributed by atoms with Gasteiger partial charge in [-0.25, -0.2) is 4.39 Å². The Labute approximate surface area is 164 Å². The number of alkyl halides is 3. The molecule has 3 rings (SSSR count). The number of rotatable bonds is 6. The summed E-state index contributed by atoms with van der Waals surface area (Å²) in [6, 6.07) is 11.7. The number of ether oxygens (including phenoxy) is 1. The number of para-hydroxylation sites is 1. The molecule has 0 bridgehead atoms. The molecule has 2 aromatic rings. The van der Waals surface area contributed by atoms with Crippen LogP contribution in [0.1, 0.15) is 12.0 Å². The van der Waals surface area contributed by atoms with Crippen LogP contribution in [-0.4, -0.2) is 31.1 Å². The van der Waals surface area contributed by atoms with Crippen molar-refractivity contribution in [2.24, 2.45) is 5.92 Å². The van der Waals surface area contributed by atoms with Gasteiger partial charge in [0.05, 0.1) is 11.6 Å². The monoisotopic (exact) mass is 410 g/mol. The van der Waals surface area contributed by atoms with Crippen LogP contribution in [0.15, 0.2) is 48.5 Å². The van der Waals surface area contributed by atoms with Crippen LogP contribution in [-0.2, 0) is 16.1 Å². The molecule has 0 radical (unpaired) electrons. The van der Waals surface area contributed by atoms with Crippen LogP contribution in [0.4, 0.5) is 23.2 Å². The molecule has 29 heavy (non-hydrogen) atoms. The molecule has 9 heteroatoms. The molecule has 0 aliphatic carbocycles. The first kappa shape index (κ1) is 20.6. The molecule has 1 fully saturated rings. The van der Waals surface area contributed by atoms with Gasteiger partial charge in [0.1, 0.15) is 11.6 Å². The maximum absolute atomic E-state index is 13.9. The van der Waals surface area contributed by atoms with E-state index in [0.29, 0.717) is 5.56 Å². The van der Waals surface area contributed by atoms with Crippen molar-refractivity contribution in [1.29, 1.82) is 0 Å². The van der Waals surface area contributed by atoms with E-state index in [1.165, 1.54) is 47.4 Å². The van der Waals surface area contributed by atoms with E-state index in [2.05, 4.69) is 10.1 Å². The molecule has 1 atom stereocenters. The molecule has 0 aromatic heterocycles. The highest BCUT2D eigenvalue weighted by molar-refractivity contribution is 6.00. The first-order valence-electron chi connectivity index (χ1n) is 8.84. The Balaban J connectivity index is 1.52. The van der Waals surface area contributed by atoms with Crippen molar-refractivity contribution in [2.75, 3.05) is 18.1 Å². The SMILES string of the molecule is O=C(NCc1ccc(OCC(F)(F)F)cc1)C1CC(=O)N(c2ccccc2F)C1. The first-order chi connectivity index (χ1) is 13.7. The zero-order valence-electron chi connectivity index (χ0n) is 15.2. The fourth-order valence-corrected chi connectivity index (χ4v) is 2.99. The van der Waals surface area contributed by atoms with Crippen molar-refractivity contribution in [1.82, 2.24) is 5.32 Å². The van der Waals surface area contributed by atoms with E-state index < -0.39 is 24.5 Å². The van der Waals surface area contributed by atoms with Crippen molar-refractivity contribution in [3.8, 4) is 5.75 Å². The zero-order chi connectivity index (χ0) is 21.0. The van der Waals surface area contributed by atoms with Gasteiger partial charge in [0.15, 0.2) is 6.61 Å². The predicted molar refractivity (Wildman–Crippen MR) is 96.7 cm³/mol. The van der Waals surface area contributed by atoms with Gasteiger partial charge in [-0.3, -0.25) is 9.59 Å². The summed E-state index contributed by atoms with van der Waals surface area (Å²) in [5.74, 6) is -1.76. The topological polar surface area (TPSA) is 58.6 Å². The zero-order valence-corrected chi connectivity index (χ0v) is 15.2. The third-order valence-corrected chi connectivity index (χ3v) is 4.43. The Hall–Kier alpha value is -3.10. The summed E-state index contributed by atoms with van der Waals surface area (Å²) in [5, 5.41) is 2.69. The number of carbonyl (C=O) groups is 2. The van der Waals surface area contributed by atoms with E-state index in [0.717, 1.165) is 0 Å². The molecule has 1 unspecified atom stereocenters. The predicted octanol–water partition coefficient (Wildman–Crippen LogP) is 3.44. The van der Waals surface area contributed by atoms with E-state index in [9.17, 15) is 27.2 Å². The standard InChI is InChI=1S/C20H18F4N2O3/c21-16-3-1-2-4-17(16)26-11-14(9-18(26)27)19(28)25-10-13-5-7-15(8-6-13)29-12-20(22,23)24/h1-8,14H,9-12H2,(H,25,28). The molecule has 0 saturated carbocycles. The number of carbonyl (C=O) groups excluding carboxylic acids is 2. The van der Waals surface area contributed by atoms with Crippen LogP contribution in [0, 0.1) is 11.7 Å². The summed E-state index contributed by atoms with van der Waals surface area (Å²) in [5.41, 5.74) is 0.801. The number of amides is 2. The van der Waals surface area contributed by atoms with Gasteiger partial charge in [0.25, 0.3) is 0 Å². The van der Waals surface area contributed by atoms with Crippen LogP contribution >= 0.6 is 0 Å². The Bertz CT molecular complexity index is 884. The second-order valence-corrected chi connectivity index (χ2v) is 6.62. The van der Waals surface area contributed by atoms with Gasteiger partial charge in [0.2, 0.25) is 11.8 Å². The van der Waals surface area contributed by atoms with E-state index in [1.54, 1.807) is 6.07 Å². The molecule has 5 nitrogen and oxygen atoms in total. The maximum atomic E-state index is 13.9. The highest BCUT2D eigenvalue weighted by Gasteiger charge is 2.36. The van der Waals surface area contributed by atoms with E-state index in [-0.39, 0.29) is 42.8 Å². The highest BCUT2D eigenvalue weighted by atomic mass is 19.4. The summed E-state index contributed by atoms with van der Waals surface area (Å²) in [6.45, 7) is -1.16. The van der Waals surface area contributed by atoms with Gasteiger partial charge < -0.3 is 15.0 Å². The minimum absolute atomic E-state index is 0.0234. The van der Waals surface area contributed by atoms with Crippen LogP contribution in [0.3, 0.4) is 0 Å². The lowest BCUT2D eigenvalue weighted by Crippen LogP contribution is -2.32. The largest absolute Gasteiger partial charge is 0.484 e. The Morgan fingerprint density at radius 1 is 1.14 bits per heavy atom. The summed E-state index contributed by atoms with van der Waals surface area (Å²) < 4.78 is 54.9. The van der Waals surface area contributed by atoms with Crippen LogP contribution < -0.4 is 15.0 Å². The first-order valence-corrected chi connectivity index (χ1v) is 8.84. The molecule has 1 N–H and O–H groups in total.